The summed E-state index contributed by atoms with van der Waals surface area (Å²) in [7, 11) is 1.36. The van der Waals surface area contributed by atoms with Gasteiger partial charge in [-0.1, -0.05) is 0 Å². The highest BCUT2D eigenvalue weighted by molar-refractivity contribution is 5.96. The third kappa shape index (κ3) is 3.49. The first-order valence-corrected chi connectivity index (χ1v) is 6.25. The van der Waals surface area contributed by atoms with Gasteiger partial charge in [0.1, 0.15) is 0 Å². The molecule has 0 aliphatic carbocycles. The van der Waals surface area contributed by atoms with Crippen molar-refractivity contribution < 1.29 is 18.4 Å². The molecular formula is C13H17F2N3O2. The van der Waals surface area contributed by atoms with E-state index in [1.807, 2.05) is 13.8 Å². The van der Waals surface area contributed by atoms with Crippen molar-refractivity contribution in [3.8, 4) is 0 Å². The SMILES string of the molecule is CCN(CC)C(=O)CN(C)C(=O)c1ccnc(F)c1F. The molecule has 0 fully saturated rings. The molecule has 0 radical (unpaired) electrons. The number of carbonyl (C=O) groups is 2. The Kier molecular flexibility index (Phi) is 5.54. The Bertz CT molecular complexity index is 504. The molecule has 0 aliphatic rings. The number of likely N-dealkylation sites (N-methyl/N-ethyl adjacent to an activating group) is 2. The molecule has 1 aromatic heterocycles. The van der Waals surface area contributed by atoms with E-state index < -0.39 is 23.2 Å². The molecule has 0 bridgehead atoms. The quantitative estimate of drug-likeness (QED) is 0.766. The number of rotatable bonds is 5. The summed E-state index contributed by atoms with van der Waals surface area (Å²) >= 11 is 0. The Balaban J connectivity index is 2.82. The van der Waals surface area contributed by atoms with Gasteiger partial charge in [-0.15, -0.1) is 0 Å². The molecule has 0 aromatic carbocycles. The molecular weight excluding hydrogens is 268 g/mol. The molecule has 110 valence electrons. The van der Waals surface area contributed by atoms with Crippen LogP contribution in [0.2, 0.25) is 0 Å². The van der Waals surface area contributed by atoms with Crippen LogP contribution in [0.4, 0.5) is 8.78 Å². The summed E-state index contributed by atoms with van der Waals surface area (Å²) in [5, 5.41) is 0. The Morgan fingerprint density at radius 1 is 1.25 bits per heavy atom. The fourth-order valence-corrected chi connectivity index (χ4v) is 1.74. The van der Waals surface area contributed by atoms with Gasteiger partial charge in [0.2, 0.25) is 11.9 Å². The second-order valence-corrected chi connectivity index (χ2v) is 4.19. The van der Waals surface area contributed by atoms with Gasteiger partial charge in [-0.25, -0.2) is 9.37 Å². The minimum Gasteiger partial charge on any atom is -0.342 e. The van der Waals surface area contributed by atoms with Crippen LogP contribution in [0.25, 0.3) is 0 Å². The summed E-state index contributed by atoms with van der Waals surface area (Å²) in [5.74, 6) is -3.65. The largest absolute Gasteiger partial charge is 0.342 e. The summed E-state index contributed by atoms with van der Waals surface area (Å²) in [4.78, 5) is 29.5. The van der Waals surface area contributed by atoms with E-state index in [0.717, 1.165) is 17.2 Å². The molecule has 0 saturated carbocycles. The maximum Gasteiger partial charge on any atom is 0.257 e. The lowest BCUT2D eigenvalue weighted by Gasteiger charge is -2.23. The van der Waals surface area contributed by atoms with E-state index in [2.05, 4.69) is 4.98 Å². The van der Waals surface area contributed by atoms with Crippen molar-refractivity contribution >= 4 is 11.8 Å². The van der Waals surface area contributed by atoms with E-state index in [1.165, 1.54) is 7.05 Å². The van der Waals surface area contributed by atoms with Gasteiger partial charge in [0.05, 0.1) is 12.1 Å². The fourth-order valence-electron chi connectivity index (χ4n) is 1.74. The molecule has 2 amide bonds. The van der Waals surface area contributed by atoms with Gasteiger partial charge in [-0.3, -0.25) is 9.59 Å². The predicted molar refractivity (Wildman–Crippen MR) is 69.0 cm³/mol. The van der Waals surface area contributed by atoms with Crippen LogP contribution in [0.5, 0.6) is 0 Å². The third-order valence-electron chi connectivity index (χ3n) is 2.91. The first kappa shape index (κ1) is 16.0. The monoisotopic (exact) mass is 285 g/mol. The molecule has 0 N–H and O–H groups in total. The molecule has 0 aliphatic heterocycles. The van der Waals surface area contributed by atoms with Crippen LogP contribution in [-0.4, -0.2) is 53.3 Å². The molecule has 0 saturated heterocycles. The molecule has 20 heavy (non-hydrogen) atoms. The Morgan fingerprint density at radius 2 is 1.85 bits per heavy atom. The number of amides is 2. The molecule has 1 rings (SSSR count). The number of nitrogens with zero attached hydrogens (tertiary/aromatic N) is 3. The normalized spacial score (nSPS) is 10.2. The van der Waals surface area contributed by atoms with Gasteiger partial charge in [-0.05, 0) is 19.9 Å². The smallest absolute Gasteiger partial charge is 0.257 e. The van der Waals surface area contributed by atoms with Crippen LogP contribution >= 0.6 is 0 Å². The number of carbonyl (C=O) groups excluding carboxylic acids is 2. The standard InChI is InChI=1S/C13H17F2N3O2/c1-4-18(5-2)10(19)8-17(3)13(20)9-6-7-16-12(15)11(9)14/h6-7H,4-5,8H2,1-3H3. The van der Waals surface area contributed by atoms with Crippen LogP contribution in [0, 0.1) is 11.8 Å². The molecule has 5 nitrogen and oxygen atoms in total. The van der Waals surface area contributed by atoms with Crippen molar-refractivity contribution in [2.45, 2.75) is 13.8 Å². The number of hydrogen-bond donors (Lipinski definition) is 0. The molecule has 0 unspecified atom stereocenters. The zero-order chi connectivity index (χ0) is 15.3. The van der Waals surface area contributed by atoms with Crippen LogP contribution < -0.4 is 0 Å². The fraction of sp³-hybridized carbons (Fsp3) is 0.462. The van der Waals surface area contributed by atoms with Gasteiger partial charge >= 0.3 is 0 Å². The molecule has 0 spiro atoms. The van der Waals surface area contributed by atoms with Gasteiger partial charge < -0.3 is 9.80 Å². The van der Waals surface area contributed by atoms with Gasteiger partial charge in [-0.2, -0.15) is 4.39 Å². The van der Waals surface area contributed by atoms with E-state index in [9.17, 15) is 18.4 Å². The number of hydrogen-bond acceptors (Lipinski definition) is 3. The lowest BCUT2D eigenvalue weighted by atomic mass is 10.2. The van der Waals surface area contributed by atoms with E-state index in [0.29, 0.717) is 13.1 Å². The minimum absolute atomic E-state index is 0.191. The molecule has 1 heterocycles. The van der Waals surface area contributed by atoms with E-state index in [4.69, 9.17) is 0 Å². The number of halogens is 2. The summed E-state index contributed by atoms with van der Waals surface area (Å²) < 4.78 is 26.4. The number of aromatic nitrogens is 1. The van der Waals surface area contributed by atoms with E-state index in [-0.39, 0.29) is 12.5 Å². The van der Waals surface area contributed by atoms with Gasteiger partial charge in [0, 0.05) is 26.3 Å². The third-order valence-corrected chi connectivity index (χ3v) is 2.91. The lowest BCUT2D eigenvalue weighted by Crippen LogP contribution is -2.41. The van der Waals surface area contributed by atoms with Crippen molar-refractivity contribution in [2.24, 2.45) is 0 Å². The average Bonchev–Trinajstić information content (AvgIpc) is 2.42. The van der Waals surface area contributed by atoms with E-state index in [1.54, 1.807) is 4.90 Å². The minimum atomic E-state index is -1.33. The lowest BCUT2D eigenvalue weighted by molar-refractivity contribution is -0.131. The second-order valence-electron chi connectivity index (χ2n) is 4.19. The molecule has 7 heteroatoms. The van der Waals surface area contributed by atoms with Crippen molar-refractivity contribution in [1.29, 1.82) is 0 Å². The first-order valence-electron chi connectivity index (χ1n) is 6.25. The highest BCUT2D eigenvalue weighted by Gasteiger charge is 2.22. The maximum atomic E-state index is 13.5. The summed E-state index contributed by atoms with van der Waals surface area (Å²) in [6.45, 7) is 4.50. The topological polar surface area (TPSA) is 53.5 Å². The zero-order valence-electron chi connectivity index (χ0n) is 11.7. The first-order chi connectivity index (χ1) is 9.42. The molecule has 0 atom stereocenters. The van der Waals surface area contributed by atoms with Crippen molar-refractivity contribution in [1.82, 2.24) is 14.8 Å². The van der Waals surface area contributed by atoms with Crippen LogP contribution in [0.1, 0.15) is 24.2 Å². The Labute approximate surface area is 116 Å². The zero-order valence-corrected chi connectivity index (χ0v) is 11.7. The molecule has 1 aromatic rings. The number of pyridine rings is 1. The summed E-state index contributed by atoms with van der Waals surface area (Å²) in [6.07, 6.45) is 1.01. The van der Waals surface area contributed by atoms with Crippen molar-refractivity contribution in [3.63, 3.8) is 0 Å². The van der Waals surface area contributed by atoms with Gasteiger partial charge in [0.15, 0.2) is 5.82 Å². The predicted octanol–water partition coefficient (Wildman–Crippen LogP) is 1.30. The van der Waals surface area contributed by atoms with Crippen molar-refractivity contribution in [2.75, 3.05) is 26.7 Å². The highest BCUT2D eigenvalue weighted by atomic mass is 19.2. The second kappa shape index (κ2) is 6.93. The van der Waals surface area contributed by atoms with Crippen LogP contribution in [-0.2, 0) is 4.79 Å². The van der Waals surface area contributed by atoms with Crippen LogP contribution in [0.15, 0.2) is 12.3 Å². The summed E-state index contributed by atoms with van der Waals surface area (Å²) in [6, 6.07) is 1.08. The Hall–Kier alpha value is -2.05. The van der Waals surface area contributed by atoms with Crippen LogP contribution in [0.3, 0.4) is 0 Å². The Morgan fingerprint density at radius 3 is 2.40 bits per heavy atom. The van der Waals surface area contributed by atoms with E-state index >= 15 is 0 Å². The van der Waals surface area contributed by atoms with Crippen molar-refractivity contribution in [3.05, 3.63) is 29.6 Å². The summed E-state index contributed by atoms with van der Waals surface area (Å²) in [5.41, 5.74) is -0.438. The highest BCUT2D eigenvalue weighted by Crippen LogP contribution is 2.11. The van der Waals surface area contributed by atoms with Gasteiger partial charge in [0.25, 0.3) is 5.91 Å². The maximum absolute atomic E-state index is 13.5. The average molecular weight is 285 g/mol.